The maximum absolute atomic E-state index is 10.8. The van der Waals surface area contributed by atoms with E-state index in [2.05, 4.69) is 11.7 Å². The normalized spacial score (nSPS) is 9.45. The number of nitrogens with zero attached hydrogens (tertiary/aromatic N) is 2. The van der Waals surface area contributed by atoms with Gasteiger partial charge in [0.15, 0.2) is 5.78 Å². The van der Waals surface area contributed by atoms with E-state index in [1.54, 1.807) is 6.20 Å². The molecule has 1 aromatic heterocycles. The molecule has 2 N–H and O–H groups in total. The van der Waals surface area contributed by atoms with Gasteiger partial charge in [0.05, 0.1) is 11.9 Å². The molecule has 0 bridgehead atoms. The minimum atomic E-state index is -0.0758. The molecule has 4 nitrogen and oxygen atoms in total. The molecule has 11 heavy (non-hydrogen) atoms. The summed E-state index contributed by atoms with van der Waals surface area (Å²) in [4.78, 5) is 10.8. The summed E-state index contributed by atoms with van der Waals surface area (Å²) >= 11 is 0. The number of anilines is 1. The van der Waals surface area contributed by atoms with Gasteiger partial charge in [0.1, 0.15) is 6.54 Å². The average Bonchev–Trinajstić information content (AvgIpc) is 2.35. The van der Waals surface area contributed by atoms with Gasteiger partial charge in [0.2, 0.25) is 0 Å². The van der Waals surface area contributed by atoms with Gasteiger partial charge in [-0.15, -0.1) is 0 Å². The van der Waals surface area contributed by atoms with Crippen LogP contribution in [-0.2, 0) is 11.3 Å². The Hall–Kier alpha value is -1.58. The van der Waals surface area contributed by atoms with Gasteiger partial charge in [-0.25, -0.2) is 0 Å². The van der Waals surface area contributed by atoms with Crippen molar-refractivity contribution in [2.24, 2.45) is 0 Å². The van der Waals surface area contributed by atoms with Crippen LogP contribution in [0.4, 0.5) is 5.69 Å². The van der Waals surface area contributed by atoms with Gasteiger partial charge < -0.3 is 5.73 Å². The lowest BCUT2D eigenvalue weighted by molar-refractivity contribution is -0.115. The van der Waals surface area contributed by atoms with E-state index < -0.39 is 0 Å². The first-order chi connectivity index (χ1) is 5.22. The van der Waals surface area contributed by atoms with Gasteiger partial charge in [0.25, 0.3) is 0 Å². The molecule has 0 atom stereocenters. The zero-order chi connectivity index (χ0) is 8.27. The summed E-state index contributed by atoms with van der Waals surface area (Å²) in [5, 5.41) is 3.83. The van der Waals surface area contributed by atoms with E-state index in [0.717, 1.165) is 0 Å². The van der Waals surface area contributed by atoms with Crippen LogP contribution in [-0.4, -0.2) is 15.6 Å². The summed E-state index contributed by atoms with van der Waals surface area (Å²) in [6.07, 6.45) is 4.36. The molecule has 1 rings (SSSR count). The lowest BCUT2D eigenvalue weighted by Crippen LogP contribution is -2.07. The van der Waals surface area contributed by atoms with E-state index >= 15 is 0 Å². The Bertz CT molecular complexity index is 277. The molecule has 1 heterocycles. The van der Waals surface area contributed by atoms with Crippen LogP contribution in [0.15, 0.2) is 25.0 Å². The van der Waals surface area contributed by atoms with Gasteiger partial charge >= 0.3 is 0 Å². The third-order valence-corrected chi connectivity index (χ3v) is 1.20. The number of allylic oxidation sites excluding steroid dienone is 1. The number of carbonyl (C=O) groups excluding carboxylic acids is 1. The summed E-state index contributed by atoms with van der Waals surface area (Å²) < 4.78 is 1.47. The number of hydrogen-bond donors (Lipinski definition) is 1. The van der Waals surface area contributed by atoms with Crippen molar-refractivity contribution in [2.75, 3.05) is 5.73 Å². The number of hydrogen-bond acceptors (Lipinski definition) is 3. The fraction of sp³-hybridized carbons (Fsp3) is 0.143. The average molecular weight is 151 g/mol. The predicted molar refractivity (Wildman–Crippen MR) is 41.8 cm³/mol. The molecule has 1 aromatic rings. The number of rotatable bonds is 3. The van der Waals surface area contributed by atoms with E-state index in [1.165, 1.54) is 17.0 Å². The molecule has 4 heteroatoms. The van der Waals surface area contributed by atoms with Crippen molar-refractivity contribution in [1.29, 1.82) is 0 Å². The summed E-state index contributed by atoms with van der Waals surface area (Å²) in [6.45, 7) is 3.55. The molecule has 0 fully saturated rings. The van der Waals surface area contributed by atoms with Gasteiger partial charge in [-0.3, -0.25) is 9.48 Å². The maximum atomic E-state index is 10.8. The van der Waals surface area contributed by atoms with E-state index in [4.69, 9.17) is 5.73 Å². The number of carbonyl (C=O) groups is 1. The molecular formula is C7H9N3O. The standard InChI is InChI=1S/C7H9N3O/c1-2-7(11)5-10-4-6(8)3-9-10/h2-4H,1,5,8H2. The van der Waals surface area contributed by atoms with Crippen LogP contribution in [0.3, 0.4) is 0 Å². The highest BCUT2D eigenvalue weighted by molar-refractivity contribution is 5.88. The molecule has 0 aliphatic carbocycles. The Morgan fingerprint density at radius 1 is 1.91 bits per heavy atom. The Balaban J connectivity index is 2.64. The molecule has 0 amide bonds. The smallest absolute Gasteiger partial charge is 0.176 e. The van der Waals surface area contributed by atoms with Crippen LogP contribution in [0, 0.1) is 0 Å². The lowest BCUT2D eigenvalue weighted by atomic mass is 10.4. The Kier molecular flexibility index (Phi) is 2.06. The fourth-order valence-corrected chi connectivity index (χ4v) is 0.690. The number of aromatic nitrogens is 2. The van der Waals surface area contributed by atoms with Crippen LogP contribution in [0.5, 0.6) is 0 Å². The zero-order valence-corrected chi connectivity index (χ0v) is 6.03. The second-order valence-corrected chi connectivity index (χ2v) is 2.14. The first-order valence-corrected chi connectivity index (χ1v) is 3.15. The van der Waals surface area contributed by atoms with Crippen molar-refractivity contribution in [3.8, 4) is 0 Å². The highest BCUT2D eigenvalue weighted by atomic mass is 16.1. The lowest BCUT2D eigenvalue weighted by Gasteiger charge is -1.93. The molecule has 0 saturated carbocycles. The third-order valence-electron chi connectivity index (χ3n) is 1.20. The highest BCUT2D eigenvalue weighted by Crippen LogP contribution is 1.97. The fourth-order valence-electron chi connectivity index (χ4n) is 0.690. The molecule has 0 aliphatic heterocycles. The van der Waals surface area contributed by atoms with Crippen LogP contribution in [0.1, 0.15) is 0 Å². The van der Waals surface area contributed by atoms with Crippen LogP contribution < -0.4 is 5.73 Å². The molecule has 0 saturated heterocycles. The number of ketones is 1. The van der Waals surface area contributed by atoms with E-state index in [9.17, 15) is 4.79 Å². The molecule has 0 aliphatic rings. The molecule has 58 valence electrons. The van der Waals surface area contributed by atoms with Gasteiger partial charge in [0, 0.05) is 6.20 Å². The van der Waals surface area contributed by atoms with Gasteiger partial charge in [-0.05, 0) is 6.08 Å². The summed E-state index contributed by atoms with van der Waals surface area (Å²) in [6, 6.07) is 0. The molecule has 0 aromatic carbocycles. The minimum absolute atomic E-state index is 0.0758. The molecular weight excluding hydrogens is 142 g/mol. The maximum Gasteiger partial charge on any atom is 0.176 e. The Morgan fingerprint density at radius 2 is 2.64 bits per heavy atom. The van der Waals surface area contributed by atoms with Crippen molar-refractivity contribution in [3.63, 3.8) is 0 Å². The SMILES string of the molecule is C=CC(=O)Cn1cc(N)cn1. The van der Waals surface area contributed by atoms with Crippen molar-refractivity contribution < 1.29 is 4.79 Å². The van der Waals surface area contributed by atoms with Crippen molar-refractivity contribution in [1.82, 2.24) is 9.78 Å². The summed E-state index contributed by atoms with van der Waals surface area (Å²) in [5.74, 6) is -0.0758. The molecule has 0 radical (unpaired) electrons. The zero-order valence-electron chi connectivity index (χ0n) is 6.03. The first kappa shape index (κ1) is 7.53. The second kappa shape index (κ2) is 3.01. The van der Waals surface area contributed by atoms with Crippen LogP contribution >= 0.6 is 0 Å². The number of nitrogens with two attached hydrogens (primary N) is 1. The topological polar surface area (TPSA) is 60.9 Å². The van der Waals surface area contributed by atoms with Crippen molar-refractivity contribution in [3.05, 3.63) is 25.0 Å². The predicted octanol–water partition coefficient (Wildman–Crippen LogP) is 0.220. The summed E-state index contributed by atoms with van der Waals surface area (Å²) in [7, 11) is 0. The largest absolute Gasteiger partial charge is 0.396 e. The Labute approximate surface area is 64.3 Å². The highest BCUT2D eigenvalue weighted by Gasteiger charge is 1.98. The third kappa shape index (κ3) is 1.93. The van der Waals surface area contributed by atoms with Gasteiger partial charge in [-0.2, -0.15) is 5.10 Å². The summed E-state index contributed by atoms with van der Waals surface area (Å²) in [5.41, 5.74) is 5.93. The van der Waals surface area contributed by atoms with Crippen LogP contribution in [0.25, 0.3) is 0 Å². The van der Waals surface area contributed by atoms with Crippen molar-refractivity contribution >= 4 is 11.5 Å². The minimum Gasteiger partial charge on any atom is -0.396 e. The second-order valence-electron chi connectivity index (χ2n) is 2.14. The number of nitrogen functional groups attached to an aromatic ring is 1. The van der Waals surface area contributed by atoms with E-state index in [-0.39, 0.29) is 12.3 Å². The van der Waals surface area contributed by atoms with E-state index in [1.807, 2.05) is 0 Å². The van der Waals surface area contributed by atoms with Crippen molar-refractivity contribution in [2.45, 2.75) is 6.54 Å². The quantitative estimate of drug-likeness (QED) is 0.628. The molecule has 0 spiro atoms. The Morgan fingerprint density at radius 3 is 3.09 bits per heavy atom. The first-order valence-electron chi connectivity index (χ1n) is 3.15. The van der Waals surface area contributed by atoms with Gasteiger partial charge in [-0.1, -0.05) is 6.58 Å². The molecule has 0 unspecified atom stereocenters. The monoisotopic (exact) mass is 151 g/mol. The van der Waals surface area contributed by atoms with E-state index in [0.29, 0.717) is 5.69 Å². The van der Waals surface area contributed by atoms with Crippen LogP contribution in [0.2, 0.25) is 0 Å².